The van der Waals surface area contributed by atoms with Crippen LogP contribution in [-0.4, -0.2) is 115 Å². The first-order valence-corrected chi connectivity index (χ1v) is 21.0. The van der Waals surface area contributed by atoms with Crippen molar-refractivity contribution in [3.63, 3.8) is 0 Å². The lowest BCUT2D eigenvalue weighted by molar-refractivity contribution is -0.141. The molecule has 0 saturated heterocycles. The van der Waals surface area contributed by atoms with Crippen LogP contribution in [0.4, 0.5) is 15.3 Å². The second-order valence-electron chi connectivity index (χ2n) is 16.5. The third-order valence-corrected chi connectivity index (χ3v) is 9.68. The summed E-state index contributed by atoms with van der Waals surface area (Å²) in [7, 11) is 1.48. The van der Waals surface area contributed by atoms with Crippen LogP contribution in [-0.2, 0) is 35.2 Å². The Labute approximate surface area is 370 Å². The Kier molecular flexibility index (Phi) is 21.6. The molecule has 19 nitrogen and oxygen atoms in total. The number of rotatable bonds is 20. The normalized spacial score (nSPS) is 13.3. The largest absolute Gasteiger partial charge is 0.357 e. The summed E-state index contributed by atoms with van der Waals surface area (Å²) >= 11 is 0. The molecular formula is C44H65N11O8. The molecule has 0 bridgehead atoms. The highest BCUT2D eigenvalue weighted by Gasteiger charge is 2.34. The average molecular weight is 876 g/mol. The molecule has 0 heterocycles. The molecule has 8 N–H and O–H groups in total. The number of nitrogens with zero attached hydrogens (tertiary/aromatic N) is 3. The molecule has 0 aliphatic carbocycles. The summed E-state index contributed by atoms with van der Waals surface area (Å²) in [4.78, 5) is 112. The van der Waals surface area contributed by atoms with Crippen LogP contribution in [0.5, 0.6) is 0 Å². The minimum Gasteiger partial charge on any atom is -0.357 e. The van der Waals surface area contributed by atoms with Crippen LogP contribution in [0.3, 0.4) is 0 Å². The number of anilines is 1. The molecule has 0 aromatic heterocycles. The zero-order valence-electron chi connectivity index (χ0n) is 37.8. The van der Waals surface area contributed by atoms with Gasteiger partial charge in [0.25, 0.3) is 5.91 Å². The molecular weight excluding hydrogens is 811 g/mol. The van der Waals surface area contributed by atoms with E-state index in [4.69, 9.17) is 6.57 Å². The van der Waals surface area contributed by atoms with E-state index < -0.39 is 71.3 Å². The number of carbonyl (C=O) groups is 8. The number of para-hydroxylation sites is 1. The molecule has 2 aromatic rings. The fraction of sp³-hybridized carbons (Fsp3) is 0.523. The van der Waals surface area contributed by atoms with E-state index in [1.54, 1.807) is 88.4 Å². The molecule has 344 valence electrons. The number of carbonyl (C=O) groups excluding carboxylic acids is 8. The Hall–Kier alpha value is -6.71. The molecule has 0 saturated carbocycles. The number of hydrogen-bond acceptors (Lipinski definition) is 8. The Morgan fingerprint density at radius 3 is 1.86 bits per heavy atom. The predicted molar refractivity (Wildman–Crippen MR) is 238 cm³/mol. The first-order valence-electron chi connectivity index (χ1n) is 21.0. The van der Waals surface area contributed by atoms with Gasteiger partial charge in [-0.1, -0.05) is 82.6 Å². The Balaban J connectivity index is 2.33. The SMILES string of the molecule is [C-]#[N+]CCN(CCN(C(=O)NNC(=O)[C@H](C)NC(=O)C(=O)NC(C)(C)C)c1ccccc1)C(=O)N[C@@H](Cc1ccccc1)C(=O)N[C@H](C(=O)N[C@@H](CC(C)C)C(=O)NC)C(C)CC. The minimum atomic E-state index is -1.22. The maximum absolute atomic E-state index is 14.2. The molecule has 0 aliphatic heterocycles. The fourth-order valence-electron chi connectivity index (χ4n) is 6.07. The van der Waals surface area contributed by atoms with Crippen LogP contribution < -0.4 is 47.7 Å². The van der Waals surface area contributed by atoms with Crippen molar-refractivity contribution in [3.05, 3.63) is 77.6 Å². The van der Waals surface area contributed by atoms with Crippen molar-refractivity contribution in [2.45, 2.75) is 104 Å². The molecule has 2 aromatic carbocycles. The zero-order chi connectivity index (χ0) is 47.3. The number of hydrazine groups is 1. The lowest BCUT2D eigenvalue weighted by Gasteiger charge is -2.30. The number of likely N-dealkylation sites (N-methyl/N-ethyl adjacent to an activating group) is 1. The summed E-state index contributed by atoms with van der Waals surface area (Å²) < 4.78 is 0. The Morgan fingerprint density at radius 2 is 1.30 bits per heavy atom. The highest BCUT2D eigenvalue weighted by molar-refractivity contribution is 6.35. The third kappa shape index (κ3) is 18.4. The van der Waals surface area contributed by atoms with Crippen LogP contribution in [0.1, 0.15) is 73.8 Å². The number of urea groups is 2. The van der Waals surface area contributed by atoms with Crippen molar-refractivity contribution in [1.29, 1.82) is 0 Å². The van der Waals surface area contributed by atoms with E-state index in [1.807, 2.05) is 20.8 Å². The third-order valence-electron chi connectivity index (χ3n) is 9.68. The van der Waals surface area contributed by atoms with Crippen LogP contribution >= 0.6 is 0 Å². The smallest absolute Gasteiger partial charge is 0.340 e. The summed E-state index contributed by atoms with van der Waals surface area (Å²) in [6.45, 7) is 20.9. The lowest BCUT2D eigenvalue weighted by Crippen LogP contribution is -2.60. The molecule has 19 heteroatoms. The first-order chi connectivity index (χ1) is 29.7. The zero-order valence-corrected chi connectivity index (χ0v) is 37.8. The van der Waals surface area contributed by atoms with E-state index in [-0.39, 0.29) is 50.3 Å². The molecule has 1 unspecified atom stereocenters. The van der Waals surface area contributed by atoms with Crippen molar-refractivity contribution in [2.75, 3.05) is 38.1 Å². The molecule has 0 fully saturated rings. The maximum atomic E-state index is 14.2. The molecule has 10 amide bonds. The number of amides is 10. The molecule has 2 rings (SSSR count). The Bertz CT molecular complexity index is 1900. The van der Waals surface area contributed by atoms with Crippen LogP contribution in [0, 0.1) is 18.4 Å². The van der Waals surface area contributed by atoms with Crippen molar-refractivity contribution in [3.8, 4) is 0 Å². The second-order valence-corrected chi connectivity index (χ2v) is 16.5. The standard InChI is InChI=1S/C44H65N11O8/c1-11-29(4)35(39(59)48-33(26-28(2)3)37(57)46-10)50-38(58)34(27-31-18-14-12-15-19-31)49-42(62)54(23-22-45-9)24-25-55(32-20-16-13-17-21-32)43(63)53-52-36(56)30(5)47-40(60)41(61)51-44(6,7)8/h12-21,28-30,33-35H,11,22-27H2,1-8,10H3,(H,46,57)(H,47,60)(H,48,59)(H,49,62)(H,50,58)(H,51,61)(H,52,56)(H,53,63)/t29?,30-,33-,34-,35-/m0/s1. The van der Waals surface area contributed by atoms with Gasteiger partial charge in [0.05, 0.1) is 6.54 Å². The maximum Gasteiger partial charge on any atom is 0.340 e. The van der Waals surface area contributed by atoms with Gasteiger partial charge < -0.3 is 41.6 Å². The van der Waals surface area contributed by atoms with Gasteiger partial charge in [-0.2, -0.15) is 0 Å². The van der Waals surface area contributed by atoms with Gasteiger partial charge in [-0.05, 0) is 63.6 Å². The summed E-state index contributed by atoms with van der Waals surface area (Å²) in [6.07, 6.45) is 0.917. The fourth-order valence-corrected chi connectivity index (χ4v) is 6.07. The van der Waals surface area contributed by atoms with Crippen molar-refractivity contribution >= 4 is 53.2 Å². The van der Waals surface area contributed by atoms with E-state index in [9.17, 15) is 38.4 Å². The first kappa shape index (κ1) is 52.4. The van der Waals surface area contributed by atoms with Crippen molar-refractivity contribution < 1.29 is 38.4 Å². The number of benzene rings is 2. The van der Waals surface area contributed by atoms with Gasteiger partial charge in [0.2, 0.25) is 24.3 Å². The van der Waals surface area contributed by atoms with Gasteiger partial charge in [-0.25, -0.2) is 21.6 Å². The van der Waals surface area contributed by atoms with Crippen LogP contribution in [0.2, 0.25) is 0 Å². The van der Waals surface area contributed by atoms with E-state index >= 15 is 0 Å². The van der Waals surface area contributed by atoms with E-state index in [2.05, 4.69) is 47.6 Å². The van der Waals surface area contributed by atoms with E-state index in [0.717, 1.165) is 0 Å². The highest BCUT2D eigenvalue weighted by Crippen LogP contribution is 2.15. The van der Waals surface area contributed by atoms with Crippen molar-refractivity contribution in [1.82, 2.24) is 47.7 Å². The Morgan fingerprint density at radius 1 is 0.683 bits per heavy atom. The molecule has 0 radical (unpaired) electrons. The van der Waals surface area contributed by atoms with Gasteiger partial charge in [0.15, 0.2) is 0 Å². The van der Waals surface area contributed by atoms with Gasteiger partial charge in [0.1, 0.15) is 24.2 Å². The van der Waals surface area contributed by atoms with E-state index in [1.165, 1.54) is 23.8 Å². The monoisotopic (exact) mass is 876 g/mol. The quantitative estimate of drug-likeness (QED) is 0.0555. The lowest BCUT2D eigenvalue weighted by atomic mass is 9.96. The van der Waals surface area contributed by atoms with Crippen LogP contribution in [0.15, 0.2) is 60.7 Å². The average Bonchev–Trinajstić information content (AvgIpc) is 3.24. The molecule has 0 aliphatic rings. The van der Waals surface area contributed by atoms with Gasteiger partial charge in [-0.15, -0.1) is 0 Å². The topological polar surface area (TPSA) is 244 Å². The molecule has 0 spiro atoms. The van der Waals surface area contributed by atoms with E-state index in [0.29, 0.717) is 24.1 Å². The van der Waals surface area contributed by atoms with Gasteiger partial charge in [-0.3, -0.25) is 39.1 Å². The summed E-state index contributed by atoms with van der Waals surface area (Å²) in [5.41, 5.74) is 4.95. The number of hydrogen-bond donors (Lipinski definition) is 8. The minimum absolute atomic E-state index is 0.0382. The van der Waals surface area contributed by atoms with Gasteiger partial charge >= 0.3 is 23.9 Å². The van der Waals surface area contributed by atoms with Crippen molar-refractivity contribution in [2.24, 2.45) is 11.8 Å². The number of nitrogens with one attached hydrogen (secondary N) is 8. The molecule has 5 atom stereocenters. The summed E-state index contributed by atoms with van der Waals surface area (Å²) in [5, 5.41) is 15.8. The second kappa shape index (κ2) is 25.9. The highest BCUT2D eigenvalue weighted by atomic mass is 16.2. The van der Waals surface area contributed by atoms with Gasteiger partial charge in [0, 0.05) is 37.8 Å². The summed E-state index contributed by atoms with van der Waals surface area (Å²) in [6, 6.07) is 11.5. The van der Waals surface area contributed by atoms with Crippen LogP contribution in [0.25, 0.3) is 4.85 Å². The molecule has 63 heavy (non-hydrogen) atoms. The predicted octanol–water partition coefficient (Wildman–Crippen LogP) is 2.00. The summed E-state index contributed by atoms with van der Waals surface area (Å²) in [5.74, 6) is -4.65.